The summed E-state index contributed by atoms with van der Waals surface area (Å²) in [5.74, 6) is -0.297. The Kier molecular flexibility index (Phi) is 7.90. The van der Waals surface area contributed by atoms with E-state index in [-0.39, 0.29) is 23.9 Å². The van der Waals surface area contributed by atoms with Gasteiger partial charge in [0, 0.05) is 37.1 Å². The number of carbonyl (C=O) groups is 1. The van der Waals surface area contributed by atoms with Gasteiger partial charge in [-0.15, -0.1) is 6.58 Å². The van der Waals surface area contributed by atoms with E-state index < -0.39 is 10.0 Å². The first-order chi connectivity index (χ1) is 15.3. The van der Waals surface area contributed by atoms with Crippen LogP contribution in [-0.2, 0) is 35.0 Å². The van der Waals surface area contributed by atoms with Crippen molar-refractivity contribution in [2.24, 2.45) is 7.05 Å². The number of aromatic nitrogens is 1. The first-order valence-electron chi connectivity index (χ1n) is 10.1. The molecule has 0 N–H and O–H groups in total. The molecule has 32 heavy (non-hydrogen) atoms. The van der Waals surface area contributed by atoms with E-state index in [2.05, 4.69) is 6.58 Å². The van der Waals surface area contributed by atoms with Crippen molar-refractivity contribution in [2.75, 3.05) is 13.1 Å². The van der Waals surface area contributed by atoms with Gasteiger partial charge in [-0.25, -0.2) is 8.42 Å². The third kappa shape index (κ3) is 5.88. The Balaban J connectivity index is 1.86. The number of carbonyl (C=O) groups excluding carboxylic acids is 1. The van der Waals surface area contributed by atoms with Crippen LogP contribution in [-0.4, -0.2) is 41.2 Å². The van der Waals surface area contributed by atoms with Gasteiger partial charge in [-0.1, -0.05) is 48.0 Å². The molecule has 8 heteroatoms. The second-order valence-corrected chi connectivity index (χ2v) is 9.76. The van der Waals surface area contributed by atoms with Gasteiger partial charge >= 0.3 is 0 Å². The normalized spacial score (nSPS) is 11.5. The van der Waals surface area contributed by atoms with Gasteiger partial charge in [0.05, 0.1) is 18.0 Å². The van der Waals surface area contributed by atoms with Crippen LogP contribution in [0.1, 0.15) is 11.3 Å². The molecule has 0 fully saturated rings. The fraction of sp³-hybridized carbons (Fsp3) is 0.208. The summed E-state index contributed by atoms with van der Waals surface area (Å²) in [5, 5.41) is 0.437. The van der Waals surface area contributed by atoms with E-state index in [1.54, 1.807) is 4.90 Å². The zero-order chi connectivity index (χ0) is 23.1. The van der Waals surface area contributed by atoms with Crippen molar-refractivity contribution < 1.29 is 13.2 Å². The fourth-order valence-corrected chi connectivity index (χ4v) is 4.78. The molecule has 168 valence electrons. The van der Waals surface area contributed by atoms with E-state index in [9.17, 15) is 13.2 Å². The van der Waals surface area contributed by atoms with Gasteiger partial charge in [0.2, 0.25) is 15.9 Å². The summed E-state index contributed by atoms with van der Waals surface area (Å²) < 4.78 is 29.4. The van der Waals surface area contributed by atoms with Crippen LogP contribution in [0.15, 0.2) is 90.5 Å². The lowest BCUT2D eigenvalue weighted by Gasteiger charge is -2.27. The molecule has 1 aromatic heterocycles. The zero-order valence-corrected chi connectivity index (χ0v) is 19.5. The van der Waals surface area contributed by atoms with Crippen LogP contribution in [0.2, 0.25) is 5.02 Å². The molecule has 0 saturated carbocycles. The Labute approximate surface area is 194 Å². The molecule has 6 nitrogen and oxygen atoms in total. The van der Waals surface area contributed by atoms with Crippen molar-refractivity contribution in [1.29, 1.82) is 0 Å². The topological polar surface area (TPSA) is 62.6 Å². The van der Waals surface area contributed by atoms with Crippen molar-refractivity contribution >= 4 is 27.5 Å². The quantitative estimate of drug-likeness (QED) is 0.418. The Bertz CT molecular complexity index is 1160. The van der Waals surface area contributed by atoms with Gasteiger partial charge < -0.3 is 9.47 Å². The lowest BCUT2D eigenvalue weighted by molar-refractivity contribution is -0.132. The predicted octanol–water partition coefficient (Wildman–Crippen LogP) is 4.08. The minimum Gasteiger partial charge on any atom is -0.353 e. The molecule has 0 spiro atoms. The van der Waals surface area contributed by atoms with Crippen LogP contribution < -0.4 is 0 Å². The molecule has 0 bridgehead atoms. The maximum Gasteiger partial charge on any atom is 0.243 e. The summed E-state index contributed by atoms with van der Waals surface area (Å²) in [4.78, 5) is 15.1. The first-order valence-corrected chi connectivity index (χ1v) is 11.9. The Morgan fingerprint density at radius 1 is 1.03 bits per heavy atom. The molecule has 0 aliphatic heterocycles. The molecule has 2 aromatic carbocycles. The fourth-order valence-electron chi connectivity index (χ4n) is 3.29. The molecule has 0 aliphatic rings. The number of nitrogens with zero attached hydrogens (tertiary/aromatic N) is 3. The number of hydrogen-bond donors (Lipinski definition) is 0. The molecule has 0 atom stereocenters. The number of benzene rings is 2. The van der Waals surface area contributed by atoms with Crippen LogP contribution in [0, 0.1) is 0 Å². The summed E-state index contributed by atoms with van der Waals surface area (Å²) in [6.45, 7) is 4.11. The monoisotopic (exact) mass is 471 g/mol. The summed E-state index contributed by atoms with van der Waals surface area (Å²) in [6, 6.07) is 19.4. The summed E-state index contributed by atoms with van der Waals surface area (Å²) in [6.07, 6.45) is 3.38. The molecule has 0 saturated heterocycles. The molecule has 1 heterocycles. The molecular weight excluding hydrogens is 446 g/mol. The molecule has 3 rings (SSSR count). The van der Waals surface area contributed by atoms with Crippen molar-refractivity contribution in [3.63, 3.8) is 0 Å². The van der Waals surface area contributed by atoms with E-state index in [1.165, 1.54) is 30.3 Å². The molecule has 3 aromatic rings. The van der Waals surface area contributed by atoms with E-state index in [0.29, 0.717) is 18.1 Å². The highest BCUT2D eigenvalue weighted by molar-refractivity contribution is 7.89. The van der Waals surface area contributed by atoms with Crippen LogP contribution in [0.4, 0.5) is 0 Å². The number of sulfonamides is 1. The Morgan fingerprint density at radius 3 is 2.31 bits per heavy atom. The van der Waals surface area contributed by atoms with E-state index in [1.807, 2.05) is 60.3 Å². The summed E-state index contributed by atoms with van der Waals surface area (Å²) >= 11 is 5.90. The molecule has 0 unspecified atom stereocenters. The highest BCUT2D eigenvalue weighted by atomic mass is 35.5. The molecule has 1 amide bonds. The SMILES string of the molecule is C=CCN(CC(=O)N(Cc1ccccc1)Cc1cccn1C)S(=O)(=O)c1ccc(Cl)cc1. The van der Waals surface area contributed by atoms with Gasteiger partial charge in [-0.3, -0.25) is 4.79 Å². The Morgan fingerprint density at radius 2 is 1.72 bits per heavy atom. The van der Waals surface area contributed by atoms with Gasteiger partial charge in [-0.2, -0.15) is 4.31 Å². The third-order valence-electron chi connectivity index (χ3n) is 5.07. The lowest BCUT2D eigenvalue weighted by atomic mass is 10.2. The summed E-state index contributed by atoms with van der Waals surface area (Å²) in [7, 11) is -1.99. The Hall–Kier alpha value is -2.87. The van der Waals surface area contributed by atoms with Crippen LogP contribution in [0.3, 0.4) is 0 Å². The van der Waals surface area contributed by atoms with Crippen molar-refractivity contribution in [3.05, 3.63) is 102 Å². The van der Waals surface area contributed by atoms with Crippen molar-refractivity contribution in [1.82, 2.24) is 13.8 Å². The second kappa shape index (κ2) is 10.6. The highest BCUT2D eigenvalue weighted by Gasteiger charge is 2.28. The van der Waals surface area contributed by atoms with Crippen LogP contribution in [0.5, 0.6) is 0 Å². The standard InChI is InChI=1S/C24H26ClN3O3S/c1-3-15-28(32(30,31)23-13-11-21(25)12-14-23)19-24(29)27(17-20-8-5-4-6-9-20)18-22-10-7-16-26(22)2/h3-14,16H,1,15,17-19H2,2H3. The lowest BCUT2D eigenvalue weighted by Crippen LogP contribution is -2.42. The number of aryl methyl sites for hydroxylation is 1. The zero-order valence-electron chi connectivity index (χ0n) is 17.9. The summed E-state index contributed by atoms with van der Waals surface area (Å²) in [5.41, 5.74) is 1.91. The van der Waals surface area contributed by atoms with Gasteiger partial charge in [0.15, 0.2) is 0 Å². The smallest absolute Gasteiger partial charge is 0.243 e. The molecule has 0 radical (unpaired) electrons. The predicted molar refractivity (Wildman–Crippen MR) is 127 cm³/mol. The maximum absolute atomic E-state index is 13.4. The van der Waals surface area contributed by atoms with Crippen LogP contribution >= 0.6 is 11.6 Å². The minimum absolute atomic E-state index is 0.0139. The molecular formula is C24H26ClN3O3S. The highest BCUT2D eigenvalue weighted by Crippen LogP contribution is 2.19. The van der Waals surface area contributed by atoms with E-state index in [4.69, 9.17) is 11.6 Å². The van der Waals surface area contributed by atoms with Crippen LogP contribution in [0.25, 0.3) is 0 Å². The third-order valence-corrected chi connectivity index (χ3v) is 7.15. The van der Waals surface area contributed by atoms with Gasteiger partial charge in [-0.05, 0) is 42.0 Å². The number of rotatable bonds is 10. The first kappa shape index (κ1) is 23.8. The minimum atomic E-state index is -3.90. The number of amides is 1. The largest absolute Gasteiger partial charge is 0.353 e. The van der Waals surface area contributed by atoms with E-state index >= 15 is 0 Å². The average molecular weight is 472 g/mol. The maximum atomic E-state index is 13.4. The van der Waals surface area contributed by atoms with Gasteiger partial charge in [0.25, 0.3) is 0 Å². The van der Waals surface area contributed by atoms with E-state index in [0.717, 1.165) is 15.6 Å². The number of hydrogen-bond acceptors (Lipinski definition) is 3. The number of halogens is 1. The van der Waals surface area contributed by atoms with Crippen molar-refractivity contribution in [3.8, 4) is 0 Å². The van der Waals surface area contributed by atoms with Crippen molar-refractivity contribution in [2.45, 2.75) is 18.0 Å². The van der Waals surface area contributed by atoms with Gasteiger partial charge in [0.1, 0.15) is 0 Å². The molecule has 0 aliphatic carbocycles. The second-order valence-electron chi connectivity index (χ2n) is 7.39. The average Bonchev–Trinajstić information content (AvgIpc) is 3.18.